The lowest BCUT2D eigenvalue weighted by atomic mass is 9.65. The predicted octanol–water partition coefficient (Wildman–Crippen LogP) is 20.6. The van der Waals surface area contributed by atoms with Gasteiger partial charge in [0, 0.05) is 32.5 Å². The van der Waals surface area contributed by atoms with E-state index in [0.29, 0.717) is 56.9 Å². The van der Waals surface area contributed by atoms with Crippen LogP contribution in [0.2, 0.25) is 0 Å². The van der Waals surface area contributed by atoms with Crippen molar-refractivity contribution < 1.29 is 51.1 Å². The van der Waals surface area contributed by atoms with Crippen molar-refractivity contribution >= 4 is 56.9 Å². The number of anilines is 10. The topological polar surface area (TPSA) is 462 Å². The highest BCUT2D eigenvalue weighted by atomic mass is 16.3. The van der Waals surface area contributed by atoms with Gasteiger partial charge in [-0.05, 0) is 234 Å². The van der Waals surface area contributed by atoms with Gasteiger partial charge in [-0.2, -0.15) is 0 Å². The molecule has 0 bridgehead atoms. The van der Waals surface area contributed by atoms with Crippen LogP contribution in [-0.2, 0) is 37.9 Å². The van der Waals surface area contributed by atoms with Crippen molar-refractivity contribution in [1.82, 2.24) is 0 Å². The zero-order chi connectivity index (χ0) is 91.5. The third kappa shape index (κ3) is 17.9. The summed E-state index contributed by atoms with van der Waals surface area (Å²) in [6, 6.07) is 86.9. The van der Waals surface area contributed by atoms with Crippen LogP contribution in [0, 0.1) is 0 Å². The number of fused-ring (bicyclic) bond motifs is 3. The Morgan fingerprint density at radius 3 is 0.643 bits per heavy atom. The minimum Gasteiger partial charge on any atom is -0.506 e. The Labute approximate surface area is 737 Å². The Bertz CT molecular complexity index is 5980. The van der Waals surface area contributed by atoms with E-state index in [1.807, 2.05) is 147 Å². The smallest absolute Gasteiger partial charge is 0.138 e. The number of phenols is 10. The summed E-state index contributed by atoms with van der Waals surface area (Å²) < 4.78 is 0. The number of hydrogen-bond donors (Lipinski definition) is 20. The standard InChI is InChI=1S/C25H20N2O2.2C24H28N2O2.C18H22N2O2.C15H18N2O2/c26-21-13-15(9-11-23(21)28)25(16-10-12-24(29)22(27)14-16)19-7-3-1-5-17(19)18-6-2-4-8-20(18)25;1-23(2,17-9-11-21(27)19(25)13-17)15-5-7-16(8-6-15)24(3,4)18-10-12-22(28)20(26)14-18;1-23(2,17-8-10-21(27)19(25)13-17)15-6-5-7-16(12-15)24(3,4)18-9-11-22(28)20(26)14-18;19-14-10-12(4-6-16(14)21)18(8-2-1-3-9-18)13-5-7-17(22)15(20)11-13;1-15(2,9-3-5-13(18)11(16)7-9)10-4-6-14(19)12(17)8-10/h1-14,28-29H,26-27H2;2*5-14,27-28H,25-26H2,1-4H3;4-7,10-11,21-22H,1-3,8-9,19-20H2;3-8,18-19H,16-17H2,1-2H3. The zero-order valence-electron chi connectivity index (χ0n) is 72.8. The minimum absolute atomic E-state index is 0.0497. The van der Waals surface area contributed by atoms with Crippen LogP contribution < -0.4 is 57.3 Å². The van der Waals surface area contributed by atoms with E-state index in [1.165, 1.54) is 6.42 Å². The van der Waals surface area contributed by atoms with Gasteiger partial charge in [0.05, 0.1) is 62.3 Å². The SMILES string of the molecule is CC(C)(c1ccc(C(C)(C)c2ccc(O)c(N)c2)cc1)c1ccc(O)c(N)c1.CC(C)(c1ccc(O)c(N)c1)c1ccc(O)c(N)c1.CC(C)(c1cccc(C(C)(C)c2ccc(O)c(N)c2)c1)c1ccc(O)c(N)c1.Nc1cc(C2(c3ccc(O)c(N)c3)CCCCC2)ccc1O.Nc1cc(C2(c3ccc(O)c(N)c3)c3ccccc3-c3ccccc32)ccc1O. The molecule has 0 radical (unpaired) electrons. The van der Waals surface area contributed by atoms with Crippen LogP contribution in [0.5, 0.6) is 57.5 Å². The average molecular weight is 1690 g/mol. The maximum Gasteiger partial charge on any atom is 0.138 e. The van der Waals surface area contributed by atoms with Gasteiger partial charge in [-0.3, -0.25) is 0 Å². The molecule has 0 saturated heterocycles. The molecular formula is C106H116N10O10. The lowest BCUT2D eigenvalue weighted by Crippen LogP contribution is -2.30. The maximum absolute atomic E-state index is 10.0. The Kier molecular flexibility index (Phi) is 25.4. The second kappa shape index (κ2) is 35.5. The fourth-order valence-electron chi connectivity index (χ4n) is 17.3. The van der Waals surface area contributed by atoms with Gasteiger partial charge in [0.25, 0.3) is 0 Å². The van der Waals surface area contributed by atoms with Gasteiger partial charge in [-0.15, -0.1) is 0 Å². The van der Waals surface area contributed by atoms with Crippen LogP contribution in [0.25, 0.3) is 11.1 Å². The van der Waals surface area contributed by atoms with Gasteiger partial charge < -0.3 is 108 Å². The molecule has 1 saturated carbocycles. The molecule has 14 aromatic carbocycles. The van der Waals surface area contributed by atoms with Crippen molar-refractivity contribution in [3.63, 3.8) is 0 Å². The summed E-state index contributed by atoms with van der Waals surface area (Å²) in [6.45, 7) is 21.2. The first-order valence-corrected chi connectivity index (χ1v) is 41.8. The van der Waals surface area contributed by atoms with Gasteiger partial charge in [-0.25, -0.2) is 0 Å². The molecule has 0 atom stereocenters. The van der Waals surface area contributed by atoms with Crippen molar-refractivity contribution in [3.05, 3.63) is 368 Å². The summed E-state index contributed by atoms with van der Waals surface area (Å²) in [7, 11) is 0. The molecule has 650 valence electrons. The molecule has 126 heavy (non-hydrogen) atoms. The highest BCUT2D eigenvalue weighted by Crippen LogP contribution is 2.58. The van der Waals surface area contributed by atoms with E-state index in [9.17, 15) is 51.1 Å². The van der Waals surface area contributed by atoms with Crippen LogP contribution in [0.3, 0.4) is 0 Å². The van der Waals surface area contributed by atoms with Gasteiger partial charge in [-0.1, -0.05) is 246 Å². The number of nitrogen functional groups attached to an aromatic ring is 10. The fraction of sp³-hybridized carbons (Fsp3) is 0.208. The average Bonchev–Trinajstić information content (AvgIpc) is 1.53. The number of hydrogen-bond acceptors (Lipinski definition) is 20. The summed E-state index contributed by atoms with van der Waals surface area (Å²) >= 11 is 0. The molecular weight excluding hydrogens is 1570 g/mol. The minimum atomic E-state index is -0.670. The van der Waals surface area contributed by atoms with E-state index in [2.05, 4.69) is 128 Å². The van der Waals surface area contributed by atoms with E-state index in [1.54, 1.807) is 72.8 Å². The Morgan fingerprint density at radius 1 is 0.198 bits per heavy atom. The van der Waals surface area contributed by atoms with Crippen LogP contribution >= 0.6 is 0 Å². The molecule has 0 aliphatic heterocycles. The predicted molar refractivity (Wildman–Crippen MR) is 513 cm³/mol. The molecule has 0 aromatic heterocycles. The summed E-state index contributed by atoms with van der Waals surface area (Å²) in [6.07, 6.45) is 5.54. The Morgan fingerprint density at radius 2 is 0.397 bits per heavy atom. The van der Waals surface area contributed by atoms with Crippen LogP contribution in [0.15, 0.2) is 279 Å². The quantitative estimate of drug-likeness (QED) is 0.0355. The third-order valence-corrected chi connectivity index (χ3v) is 25.9. The largest absolute Gasteiger partial charge is 0.506 e. The fourth-order valence-corrected chi connectivity index (χ4v) is 17.3. The van der Waals surface area contributed by atoms with Gasteiger partial charge in [0.2, 0.25) is 0 Å². The lowest BCUT2D eigenvalue weighted by Gasteiger charge is -2.39. The Hall–Kier alpha value is -14.9. The molecule has 2 aliphatic rings. The molecule has 0 amide bonds. The van der Waals surface area contributed by atoms with E-state index >= 15 is 0 Å². The normalized spacial score (nSPS) is 13.3. The van der Waals surface area contributed by atoms with Crippen molar-refractivity contribution in [3.8, 4) is 68.6 Å². The van der Waals surface area contributed by atoms with Gasteiger partial charge >= 0.3 is 0 Å². The first-order chi connectivity index (χ1) is 59.4. The molecule has 0 heterocycles. The summed E-state index contributed by atoms with van der Waals surface area (Å²) in [4.78, 5) is 0. The molecule has 20 nitrogen and oxygen atoms in total. The molecule has 0 unspecified atom stereocenters. The van der Waals surface area contributed by atoms with Crippen molar-refractivity contribution in [1.29, 1.82) is 0 Å². The summed E-state index contributed by atoms with van der Waals surface area (Å²) in [5.41, 5.74) is 79.7. The third-order valence-electron chi connectivity index (χ3n) is 25.9. The molecule has 1 fully saturated rings. The zero-order valence-corrected chi connectivity index (χ0v) is 72.8. The molecule has 2 aliphatic carbocycles. The highest BCUT2D eigenvalue weighted by molar-refractivity contribution is 5.87. The molecule has 0 spiro atoms. The first-order valence-electron chi connectivity index (χ1n) is 41.8. The first kappa shape index (κ1) is 90.3. The van der Waals surface area contributed by atoms with E-state index in [-0.39, 0.29) is 90.0 Å². The second-order valence-electron chi connectivity index (χ2n) is 35.5. The van der Waals surface area contributed by atoms with E-state index in [4.69, 9.17) is 57.3 Å². The van der Waals surface area contributed by atoms with Crippen LogP contribution in [0.1, 0.15) is 190 Å². The number of nitrogens with two attached hydrogens (primary N) is 10. The number of phenolic OH excluding ortho intramolecular Hbond substituents is 10. The molecule has 16 rings (SSSR count). The van der Waals surface area contributed by atoms with Gasteiger partial charge in [0.1, 0.15) is 57.5 Å². The van der Waals surface area contributed by atoms with Crippen molar-refractivity contribution in [2.45, 2.75) is 139 Å². The number of aromatic hydroxyl groups is 10. The molecule has 30 N–H and O–H groups in total. The molecule has 14 aromatic rings. The summed E-state index contributed by atoms with van der Waals surface area (Å²) in [5, 5.41) is 97.3. The summed E-state index contributed by atoms with van der Waals surface area (Å²) in [5.74, 6) is 0.866. The van der Waals surface area contributed by atoms with E-state index < -0.39 is 5.41 Å². The number of rotatable bonds is 14. The number of benzene rings is 14. The Balaban J connectivity index is 0.000000144. The van der Waals surface area contributed by atoms with Gasteiger partial charge in [0.15, 0.2) is 0 Å². The highest BCUT2D eigenvalue weighted by Gasteiger charge is 2.47. The van der Waals surface area contributed by atoms with Crippen molar-refractivity contribution in [2.24, 2.45) is 0 Å². The molecule has 20 heteroatoms. The maximum atomic E-state index is 10.0. The van der Waals surface area contributed by atoms with E-state index in [0.717, 1.165) is 126 Å². The lowest BCUT2D eigenvalue weighted by molar-refractivity contribution is 0.345. The van der Waals surface area contributed by atoms with Crippen LogP contribution in [-0.4, -0.2) is 51.1 Å². The second-order valence-corrected chi connectivity index (χ2v) is 35.5. The van der Waals surface area contributed by atoms with Crippen LogP contribution in [0.4, 0.5) is 56.9 Å². The van der Waals surface area contributed by atoms with Crippen molar-refractivity contribution in [2.75, 3.05) is 57.3 Å². The monoisotopic (exact) mass is 1690 g/mol.